The Hall–Kier alpha value is -1.56. The molecule has 0 atom stereocenters. The van der Waals surface area contributed by atoms with E-state index in [-0.39, 0.29) is 0 Å². The first kappa shape index (κ1) is 13.5. The van der Waals surface area contributed by atoms with Crippen LogP contribution in [0.4, 0.5) is 5.69 Å². The molecular formula is C6H7N3O6S2. The fraction of sp³-hybridized carbons (Fsp3) is 0. The lowest BCUT2D eigenvalue weighted by molar-refractivity contribution is 0.481. The topological polar surface area (TPSA) is 159 Å². The largest absolute Gasteiger partial charge is 0.305 e. The second kappa shape index (κ2) is 4.37. The van der Waals surface area contributed by atoms with Gasteiger partial charge in [0.15, 0.2) is 0 Å². The Balaban J connectivity index is 3.79. The molecule has 0 amide bonds. The van der Waals surface area contributed by atoms with E-state index in [1.165, 1.54) is 0 Å². The number of nitrogens with two attached hydrogens (primary N) is 1. The molecule has 0 aliphatic carbocycles. The first-order valence-electron chi connectivity index (χ1n) is 3.87. The molecule has 1 aromatic rings. The van der Waals surface area contributed by atoms with E-state index in [0.717, 1.165) is 18.2 Å². The van der Waals surface area contributed by atoms with Gasteiger partial charge in [0.1, 0.15) is 15.5 Å². The van der Waals surface area contributed by atoms with Crippen molar-refractivity contribution < 1.29 is 25.9 Å². The van der Waals surface area contributed by atoms with Crippen molar-refractivity contribution in [3.8, 4) is 0 Å². The summed E-state index contributed by atoms with van der Waals surface area (Å²) in [5, 5.41) is 5.79. The second-order valence-corrected chi connectivity index (χ2v) is 5.55. The molecule has 0 radical (unpaired) electrons. The third-order valence-corrected chi connectivity index (χ3v) is 3.45. The highest BCUT2D eigenvalue weighted by atomic mass is 32.2. The quantitative estimate of drug-likeness (QED) is 0.307. The molecule has 0 unspecified atom stereocenters. The smallest absolute Gasteiger partial charge is 0.296 e. The molecule has 0 aliphatic heterocycles. The van der Waals surface area contributed by atoms with Crippen LogP contribution in [-0.4, -0.2) is 25.9 Å². The van der Waals surface area contributed by atoms with E-state index in [4.69, 9.17) is 14.9 Å². The van der Waals surface area contributed by atoms with Crippen LogP contribution in [0, 0.1) is 0 Å². The lowest BCUT2D eigenvalue weighted by Gasteiger charge is -2.05. The Labute approximate surface area is 96.4 Å². The summed E-state index contributed by atoms with van der Waals surface area (Å²) in [5.74, 6) is 4.69. The first-order valence-corrected chi connectivity index (χ1v) is 6.75. The van der Waals surface area contributed by atoms with Crippen molar-refractivity contribution in [2.45, 2.75) is 9.79 Å². The summed E-state index contributed by atoms with van der Waals surface area (Å²) >= 11 is 0. The number of hydrogen-bond acceptors (Lipinski definition) is 6. The third-order valence-electron chi connectivity index (χ3n) is 1.68. The van der Waals surface area contributed by atoms with Crippen LogP contribution < -0.4 is 5.84 Å². The van der Waals surface area contributed by atoms with Gasteiger partial charge in [-0.2, -0.15) is 16.8 Å². The molecule has 94 valence electrons. The minimum absolute atomic E-state index is 0.764. The molecule has 1 aromatic carbocycles. The van der Waals surface area contributed by atoms with Gasteiger partial charge in [0.25, 0.3) is 20.2 Å². The van der Waals surface area contributed by atoms with E-state index in [9.17, 15) is 16.8 Å². The van der Waals surface area contributed by atoms with Crippen molar-refractivity contribution in [2.24, 2.45) is 16.2 Å². The van der Waals surface area contributed by atoms with E-state index in [1.807, 2.05) is 0 Å². The molecular weight excluding hydrogens is 274 g/mol. The van der Waals surface area contributed by atoms with Crippen LogP contribution in [0.3, 0.4) is 0 Å². The van der Waals surface area contributed by atoms with Gasteiger partial charge in [0.05, 0.1) is 0 Å². The molecule has 0 aromatic heterocycles. The number of benzene rings is 1. The van der Waals surface area contributed by atoms with Crippen LogP contribution in [0.1, 0.15) is 0 Å². The van der Waals surface area contributed by atoms with E-state index >= 15 is 0 Å². The van der Waals surface area contributed by atoms with Gasteiger partial charge >= 0.3 is 0 Å². The molecule has 1 rings (SSSR count). The standard InChI is InChI=1S/C6H7N3O6S2/c7-9-8-6-4(16(10,11)12)2-1-3-5(6)17(13,14)15/h1-3H,(H2,7,8)(H,10,11,12)(H,13,14,15). The van der Waals surface area contributed by atoms with Crippen LogP contribution in [0.2, 0.25) is 0 Å². The normalized spacial score (nSPS) is 13.1. The van der Waals surface area contributed by atoms with Crippen LogP contribution >= 0.6 is 0 Å². The Morgan fingerprint density at radius 3 is 1.71 bits per heavy atom. The summed E-state index contributed by atoms with van der Waals surface area (Å²) in [6.07, 6.45) is 0. The van der Waals surface area contributed by atoms with Crippen molar-refractivity contribution in [3.63, 3.8) is 0 Å². The Kier molecular flexibility index (Phi) is 3.47. The highest BCUT2D eigenvalue weighted by Gasteiger charge is 2.24. The summed E-state index contributed by atoms with van der Waals surface area (Å²) in [4.78, 5) is -1.66. The fourth-order valence-corrected chi connectivity index (χ4v) is 2.43. The summed E-state index contributed by atoms with van der Waals surface area (Å²) in [5.41, 5.74) is -0.764. The highest BCUT2D eigenvalue weighted by Crippen LogP contribution is 2.31. The van der Waals surface area contributed by atoms with Crippen molar-refractivity contribution in [1.29, 1.82) is 0 Å². The highest BCUT2D eigenvalue weighted by molar-refractivity contribution is 7.87. The zero-order valence-corrected chi connectivity index (χ0v) is 9.68. The molecule has 0 bridgehead atoms. The van der Waals surface area contributed by atoms with Gasteiger partial charge in [-0.25, -0.2) is 0 Å². The van der Waals surface area contributed by atoms with Crippen LogP contribution in [0.25, 0.3) is 0 Å². The molecule has 0 spiro atoms. The monoisotopic (exact) mass is 281 g/mol. The van der Waals surface area contributed by atoms with Gasteiger partial charge in [-0.15, -0.1) is 5.11 Å². The van der Waals surface area contributed by atoms with Gasteiger partial charge in [-0.05, 0) is 12.1 Å². The minimum Gasteiger partial charge on any atom is -0.305 e. The van der Waals surface area contributed by atoms with Gasteiger partial charge < -0.3 is 5.84 Å². The van der Waals surface area contributed by atoms with E-state index < -0.39 is 35.7 Å². The maximum absolute atomic E-state index is 10.9. The average molecular weight is 281 g/mol. The molecule has 9 nitrogen and oxygen atoms in total. The fourth-order valence-electron chi connectivity index (χ4n) is 1.07. The Morgan fingerprint density at radius 2 is 1.41 bits per heavy atom. The van der Waals surface area contributed by atoms with Crippen LogP contribution in [-0.2, 0) is 20.2 Å². The Bertz CT molecular complexity index is 613. The van der Waals surface area contributed by atoms with Gasteiger partial charge in [0, 0.05) is 0 Å². The molecule has 4 N–H and O–H groups in total. The SMILES string of the molecule is NN=Nc1c(S(=O)(=O)O)cccc1S(=O)(=O)O. The molecule has 0 saturated carbocycles. The van der Waals surface area contributed by atoms with Crippen molar-refractivity contribution in [1.82, 2.24) is 0 Å². The zero-order valence-electron chi connectivity index (χ0n) is 8.05. The number of hydrogen-bond donors (Lipinski definition) is 3. The summed E-state index contributed by atoms with van der Waals surface area (Å²) in [7, 11) is -9.45. The maximum Gasteiger partial charge on any atom is 0.296 e. The lowest BCUT2D eigenvalue weighted by Crippen LogP contribution is -2.04. The third kappa shape index (κ3) is 2.97. The average Bonchev–Trinajstić information content (AvgIpc) is 2.15. The number of rotatable bonds is 3. The minimum atomic E-state index is -4.72. The predicted molar refractivity (Wildman–Crippen MR) is 54.8 cm³/mol. The maximum atomic E-state index is 10.9. The molecule has 0 aliphatic rings. The van der Waals surface area contributed by atoms with Gasteiger partial charge in [0.2, 0.25) is 0 Å². The van der Waals surface area contributed by atoms with Crippen LogP contribution in [0.5, 0.6) is 0 Å². The molecule has 0 heterocycles. The van der Waals surface area contributed by atoms with Gasteiger partial charge in [-0.3, -0.25) is 9.11 Å². The molecule has 17 heavy (non-hydrogen) atoms. The van der Waals surface area contributed by atoms with Crippen molar-refractivity contribution in [2.75, 3.05) is 0 Å². The molecule has 0 saturated heterocycles. The second-order valence-electron chi connectivity index (χ2n) is 2.77. The van der Waals surface area contributed by atoms with E-state index in [2.05, 4.69) is 10.3 Å². The number of nitrogens with zero attached hydrogens (tertiary/aromatic N) is 2. The summed E-state index contributed by atoms with van der Waals surface area (Å²) in [6.45, 7) is 0. The van der Waals surface area contributed by atoms with E-state index in [0.29, 0.717) is 0 Å². The first-order chi connectivity index (χ1) is 7.68. The van der Waals surface area contributed by atoms with Crippen LogP contribution in [0.15, 0.2) is 38.3 Å². The van der Waals surface area contributed by atoms with Gasteiger partial charge in [-0.1, -0.05) is 11.3 Å². The zero-order chi connectivity index (χ0) is 13.3. The van der Waals surface area contributed by atoms with Crippen molar-refractivity contribution in [3.05, 3.63) is 18.2 Å². The summed E-state index contributed by atoms with van der Waals surface area (Å²) in [6, 6.07) is 2.77. The Morgan fingerprint density at radius 1 is 1.00 bits per heavy atom. The molecule has 11 heteroatoms. The summed E-state index contributed by atoms with van der Waals surface area (Å²) < 4.78 is 61.5. The predicted octanol–water partition coefficient (Wildman–Crippen LogP) is 0.137. The molecule has 0 fully saturated rings. The van der Waals surface area contributed by atoms with Crippen molar-refractivity contribution >= 4 is 25.9 Å². The van der Waals surface area contributed by atoms with E-state index in [1.54, 1.807) is 0 Å². The lowest BCUT2D eigenvalue weighted by atomic mass is 10.3.